The van der Waals surface area contributed by atoms with Crippen molar-refractivity contribution < 1.29 is 13.2 Å². The predicted molar refractivity (Wildman–Crippen MR) is 65.3 cm³/mol. The van der Waals surface area contributed by atoms with Gasteiger partial charge in [-0.25, -0.2) is 17.9 Å². The fraction of sp³-hybridized carbons (Fsp3) is 0.889. The fourth-order valence-electron chi connectivity index (χ4n) is 1.53. The summed E-state index contributed by atoms with van der Waals surface area (Å²) in [5, 5.41) is 5.89. The highest BCUT2D eigenvalue weighted by molar-refractivity contribution is 7.88. The molecule has 0 atom stereocenters. The van der Waals surface area contributed by atoms with Crippen molar-refractivity contribution >= 4 is 16.1 Å². The number of amides is 2. The highest BCUT2D eigenvalue weighted by Crippen LogP contribution is 1.94. The van der Waals surface area contributed by atoms with Crippen molar-refractivity contribution in [3.63, 3.8) is 0 Å². The van der Waals surface area contributed by atoms with Crippen LogP contribution in [0, 0.1) is 0 Å². The third-order valence-corrected chi connectivity index (χ3v) is 3.13. The molecule has 1 aliphatic rings. The number of nitrogens with zero attached hydrogens (tertiary/aromatic N) is 1. The third kappa shape index (κ3) is 6.44. The molecule has 100 valence electrons. The lowest BCUT2D eigenvalue weighted by Gasteiger charge is -2.14. The van der Waals surface area contributed by atoms with E-state index in [1.165, 1.54) is 0 Å². The summed E-state index contributed by atoms with van der Waals surface area (Å²) in [4.78, 5) is 12.9. The van der Waals surface area contributed by atoms with E-state index in [4.69, 9.17) is 0 Å². The molecular formula is C9H20N4O3S. The first-order valence-electron chi connectivity index (χ1n) is 5.67. The molecule has 0 bridgehead atoms. The Morgan fingerprint density at radius 2 is 2.12 bits per heavy atom. The van der Waals surface area contributed by atoms with Crippen LogP contribution in [0.25, 0.3) is 0 Å². The van der Waals surface area contributed by atoms with Gasteiger partial charge < -0.3 is 15.5 Å². The number of carbonyl (C=O) groups is 1. The third-order valence-electron chi connectivity index (χ3n) is 2.40. The Bertz CT molecular complexity index is 344. The average Bonchev–Trinajstić information content (AvgIpc) is 2.61. The quantitative estimate of drug-likeness (QED) is 0.467. The molecule has 1 rings (SSSR count). The number of nitrogens with one attached hydrogen (secondary N) is 3. The molecule has 0 aromatic carbocycles. The molecule has 1 aliphatic heterocycles. The van der Waals surface area contributed by atoms with Crippen LogP contribution in [-0.4, -0.2) is 64.9 Å². The van der Waals surface area contributed by atoms with E-state index in [2.05, 4.69) is 15.4 Å². The molecule has 0 aromatic heterocycles. The second-order valence-corrected chi connectivity index (χ2v) is 5.82. The van der Waals surface area contributed by atoms with Crippen molar-refractivity contribution in [1.29, 1.82) is 0 Å². The minimum atomic E-state index is -3.08. The van der Waals surface area contributed by atoms with E-state index in [0.717, 1.165) is 38.9 Å². The van der Waals surface area contributed by atoms with E-state index in [0.29, 0.717) is 13.1 Å². The predicted octanol–water partition coefficient (Wildman–Crippen LogP) is -1.46. The SMILES string of the molecule is CS(=O)(=O)NCCCNCCN1CCNC1=O. The lowest BCUT2D eigenvalue weighted by molar-refractivity contribution is 0.217. The normalized spacial score (nSPS) is 16.3. The number of hydrogen-bond acceptors (Lipinski definition) is 4. The monoisotopic (exact) mass is 264 g/mol. The zero-order valence-electron chi connectivity index (χ0n) is 10.0. The molecule has 1 saturated heterocycles. The van der Waals surface area contributed by atoms with Crippen LogP contribution in [-0.2, 0) is 10.0 Å². The first-order valence-corrected chi connectivity index (χ1v) is 7.56. The summed E-state index contributed by atoms with van der Waals surface area (Å²) in [7, 11) is -3.08. The van der Waals surface area contributed by atoms with Crippen molar-refractivity contribution in [3.05, 3.63) is 0 Å². The van der Waals surface area contributed by atoms with Gasteiger partial charge in [0, 0.05) is 32.7 Å². The molecule has 0 aromatic rings. The molecule has 0 unspecified atom stereocenters. The van der Waals surface area contributed by atoms with Crippen LogP contribution in [0.1, 0.15) is 6.42 Å². The molecule has 0 spiro atoms. The van der Waals surface area contributed by atoms with Gasteiger partial charge in [0.1, 0.15) is 0 Å². The summed E-state index contributed by atoms with van der Waals surface area (Å²) in [6, 6.07) is -0.00876. The zero-order valence-corrected chi connectivity index (χ0v) is 10.8. The van der Waals surface area contributed by atoms with Crippen LogP contribution in [0.3, 0.4) is 0 Å². The molecule has 0 saturated carbocycles. The molecule has 1 heterocycles. The number of urea groups is 1. The van der Waals surface area contributed by atoms with Gasteiger partial charge >= 0.3 is 6.03 Å². The number of sulfonamides is 1. The molecule has 8 heteroatoms. The molecule has 0 radical (unpaired) electrons. The largest absolute Gasteiger partial charge is 0.336 e. The minimum absolute atomic E-state index is 0.00876. The number of carbonyl (C=O) groups excluding carboxylic acids is 1. The molecule has 1 fully saturated rings. The van der Waals surface area contributed by atoms with Gasteiger partial charge in [-0.3, -0.25) is 0 Å². The van der Waals surface area contributed by atoms with Gasteiger partial charge in [0.2, 0.25) is 10.0 Å². The Kier molecular flexibility index (Phi) is 5.66. The summed E-state index contributed by atoms with van der Waals surface area (Å²) >= 11 is 0. The molecular weight excluding hydrogens is 244 g/mol. The molecule has 0 aliphatic carbocycles. The summed E-state index contributed by atoms with van der Waals surface area (Å²) < 4.78 is 23.9. The van der Waals surface area contributed by atoms with Crippen molar-refractivity contribution in [3.8, 4) is 0 Å². The van der Waals surface area contributed by atoms with Gasteiger partial charge in [0.05, 0.1) is 6.26 Å². The second kappa shape index (κ2) is 6.77. The molecule has 17 heavy (non-hydrogen) atoms. The second-order valence-electron chi connectivity index (χ2n) is 3.99. The Hall–Kier alpha value is -0.860. The van der Waals surface area contributed by atoms with Crippen LogP contribution in [0.15, 0.2) is 0 Å². The molecule has 3 N–H and O–H groups in total. The first kappa shape index (κ1) is 14.2. The maximum Gasteiger partial charge on any atom is 0.317 e. The van der Waals surface area contributed by atoms with Gasteiger partial charge in [-0.1, -0.05) is 0 Å². The lowest BCUT2D eigenvalue weighted by Crippen LogP contribution is -2.35. The van der Waals surface area contributed by atoms with Crippen molar-refractivity contribution in [2.75, 3.05) is 45.5 Å². The molecule has 2 amide bonds. The Labute approximate surface area is 102 Å². The fourth-order valence-corrected chi connectivity index (χ4v) is 2.05. The Morgan fingerprint density at radius 3 is 2.71 bits per heavy atom. The van der Waals surface area contributed by atoms with E-state index in [-0.39, 0.29) is 6.03 Å². The van der Waals surface area contributed by atoms with E-state index < -0.39 is 10.0 Å². The van der Waals surface area contributed by atoms with Crippen molar-refractivity contribution in [1.82, 2.24) is 20.3 Å². The van der Waals surface area contributed by atoms with Gasteiger partial charge in [-0.05, 0) is 13.0 Å². The zero-order chi connectivity index (χ0) is 12.7. The van der Waals surface area contributed by atoms with Crippen LogP contribution in [0.4, 0.5) is 4.79 Å². The molecule has 7 nitrogen and oxygen atoms in total. The van der Waals surface area contributed by atoms with Crippen LogP contribution in [0.5, 0.6) is 0 Å². The van der Waals surface area contributed by atoms with Gasteiger partial charge in [-0.2, -0.15) is 0 Å². The van der Waals surface area contributed by atoms with E-state index in [9.17, 15) is 13.2 Å². The maximum atomic E-state index is 11.2. The first-order chi connectivity index (χ1) is 7.99. The van der Waals surface area contributed by atoms with Crippen LogP contribution in [0.2, 0.25) is 0 Å². The summed E-state index contributed by atoms with van der Waals surface area (Å²) in [5.41, 5.74) is 0. The standard InChI is InChI=1S/C9H20N4O3S/c1-17(15,16)12-4-2-3-10-5-7-13-8-6-11-9(13)14/h10,12H,2-8H2,1H3,(H,11,14). The minimum Gasteiger partial charge on any atom is -0.336 e. The number of rotatable bonds is 8. The topological polar surface area (TPSA) is 90.5 Å². The Morgan fingerprint density at radius 1 is 1.35 bits per heavy atom. The average molecular weight is 264 g/mol. The summed E-state index contributed by atoms with van der Waals surface area (Å²) in [5.74, 6) is 0. The van der Waals surface area contributed by atoms with E-state index in [1.807, 2.05) is 0 Å². The highest BCUT2D eigenvalue weighted by Gasteiger charge is 2.17. The summed E-state index contributed by atoms with van der Waals surface area (Å²) in [6.07, 6.45) is 1.88. The number of hydrogen-bond donors (Lipinski definition) is 3. The summed E-state index contributed by atoms with van der Waals surface area (Å²) in [6.45, 7) is 4.07. The van der Waals surface area contributed by atoms with E-state index >= 15 is 0 Å². The highest BCUT2D eigenvalue weighted by atomic mass is 32.2. The smallest absolute Gasteiger partial charge is 0.317 e. The van der Waals surface area contributed by atoms with Crippen LogP contribution < -0.4 is 15.4 Å². The van der Waals surface area contributed by atoms with Gasteiger partial charge in [0.15, 0.2) is 0 Å². The van der Waals surface area contributed by atoms with Crippen LogP contribution >= 0.6 is 0 Å². The lowest BCUT2D eigenvalue weighted by atomic mass is 10.4. The maximum absolute atomic E-state index is 11.2. The van der Waals surface area contributed by atoms with Gasteiger partial charge in [-0.15, -0.1) is 0 Å². The van der Waals surface area contributed by atoms with Crippen molar-refractivity contribution in [2.24, 2.45) is 0 Å². The van der Waals surface area contributed by atoms with Gasteiger partial charge in [0.25, 0.3) is 0 Å². The van der Waals surface area contributed by atoms with E-state index in [1.54, 1.807) is 4.90 Å². The van der Waals surface area contributed by atoms with Crippen molar-refractivity contribution in [2.45, 2.75) is 6.42 Å². The Balaban J connectivity index is 1.93.